The average molecular weight is 293 g/mol. The van der Waals surface area contributed by atoms with Crippen LogP contribution in [0.5, 0.6) is 11.5 Å². The molecule has 1 aliphatic heterocycles. The maximum Gasteiger partial charge on any atom is 0.187 e. The molecule has 0 saturated carbocycles. The first-order valence-electron chi connectivity index (χ1n) is 6.83. The van der Waals surface area contributed by atoms with Crippen LogP contribution in [0.3, 0.4) is 0 Å². The monoisotopic (exact) mass is 293 g/mol. The Balaban J connectivity index is 1.97. The molecule has 0 radical (unpaired) electrons. The van der Waals surface area contributed by atoms with E-state index in [0.717, 1.165) is 5.56 Å². The second-order valence-electron chi connectivity index (χ2n) is 4.67. The number of hydrogen-bond acceptors (Lipinski definition) is 5. The van der Waals surface area contributed by atoms with Gasteiger partial charge in [-0.2, -0.15) is 0 Å². The summed E-state index contributed by atoms with van der Waals surface area (Å²) in [5, 5.41) is 3.45. The Labute approximate surface area is 123 Å². The number of benzene rings is 1. The molecule has 0 N–H and O–H groups in total. The molecule has 2 unspecified atom stereocenters. The molecular weight excluding hydrogens is 274 g/mol. The minimum Gasteiger partial charge on any atom is -0.496 e. The Morgan fingerprint density at radius 1 is 1.48 bits per heavy atom. The number of nitrogens with zero attached hydrogens (tertiary/aromatic N) is 3. The third-order valence-corrected chi connectivity index (χ3v) is 3.03. The van der Waals surface area contributed by atoms with E-state index < -0.39 is 6.29 Å². The van der Waals surface area contributed by atoms with Crippen LogP contribution in [-0.4, -0.2) is 33.0 Å². The van der Waals surface area contributed by atoms with E-state index in [9.17, 15) is 0 Å². The van der Waals surface area contributed by atoms with Gasteiger partial charge < -0.3 is 18.9 Å². The molecule has 0 spiro atoms. The standard InChI is InChI=1S/C14H19N3O4/c1-10-9-20-14(21-10)12-5-4-11(8-13(12)18-2)19-7-3-6-16-17-15/h4-5,8,10,14H,3,6-7,9H2,1-2H3. The molecule has 0 amide bonds. The fourth-order valence-electron chi connectivity index (χ4n) is 2.02. The molecule has 7 heteroatoms. The van der Waals surface area contributed by atoms with Crippen LogP contribution < -0.4 is 9.47 Å². The largest absolute Gasteiger partial charge is 0.496 e. The van der Waals surface area contributed by atoms with Gasteiger partial charge in [0, 0.05) is 23.1 Å². The molecule has 1 saturated heterocycles. The zero-order chi connectivity index (χ0) is 15.1. The SMILES string of the molecule is COc1cc(OCCCN=[N+]=[N-])ccc1C1OCC(C)O1. The number of ether oxygens (including phenoxy) is 4. The van der Waals surface area contributed by atoms with Crippen molar-refractivity contribution in [1.29, 1.82) is 0 Å². The van der Waals surface area contributed by atoms with E-state index in [1.54, 1.807) is 13.2 Å². The van der Waals surface area contributed by atoms with Gasteiger partial charge in [-0.25, -0.2) is 0 Å². The summed E-state index contributed by atoms with van der Waals surface area (Å²) in [6.07, 6.45) is 0.353. The molecule has 0 aliphatic carbocycles. The molecule has 114 valence electrons. The zero-order valence-corrected chi connectivity index (χ0v) is 12.2. The lowest BCUT2D eigenvalue weighted by molar-refractivity contribution is -0.0584. The van der Waals surface area contributed by atoms with Gasteiger partial charge in [0.15, 0.2) is 6.29 Å². The lowest BCUT2D eigenvalue weighted by atomic mass is 10.2. The van der Waals surface area contributed by atoms with Gasteiger partial charge in [-0.05, 0) is 31.0 Å². The van der Waals surface area contributed by atoms with Gasteiger partial charge in [0.2, 0.25) is 0 Å². The first-order valence-corrected chi connectivity index (χ1v) is 6.83. The smallest absolute Gasteiger partial charge is 0.187 e. The maximum atomic E-state index is 8.18. The number of methoxy groups -OCH3 is 1. The summed E-state index contributed by atoms with van der Waals surface area (Å²) in [6.45, 7) is 3.45. The highest BCUT2D eigenvalue weighted by Crippen LogP contribution is 2.35. The Bertz CT molecular complexity index is 517. The Morgan fingerprint density at radius 3 is 3.00 bits per heavy atom. The maximum absolute atomic E-state index is 8.18. The van der Waals surface area contributed by atoms with Gasteiger partial charge in [-0.3, -0.25) is 0 Å². The summed E-state index contributed by atoms with van der Waals surface area (Å²) in [5.41, 5.74) is 9.03. The Kier molecular flexibility index (Phi) is 5.68. The summed E-state index contributed by atoms with van der Waals surface area (Å²) < 4.78 is 22.2. The third kappa shape index (κ3) is 4.26. The van der Waals surface area contributed by atoms with Crippen LogP contribution in [0, 0.1) is 0 Å². The minimum absolute atomic E-state index is 0.0799. The molecular formula is C14H19N3O4. The molecule has 1 aromatic rings. The van der Waals surface area contributed by atoms with Crippen molar-refractivity contribution in [3.05, 3.63) is 34.2 Å². The fraction of sp³-hybridized carbons (Fsp3) is 0.571. The van der Waals surface area contributed by atoms with Crippen LogP contribution in [0.4, 0.5) is 0 Å². The molecule has 7 nitrogen and oxygen atoms in total. The molecule has 21 heavy (non-hydrogen) atoms. The van der Waals surface area contributed by atoms with Crippen LogP contribution >= 0.6 is 0 Å². The van der Waals surface area contributed by atoms with Crippen molar-refractivity contribution in [1.82, 2.24) is 0 Å². The molecule has 2 rings (SSSR count). The molecule has 0 bridgehead atoms. The molecule has 1 aromatic carbocycles. The van der Waals surface area contributed by atoms with Crippen molar-refractivity contribution in [2.45, 2.75) is 25.7 Å². The number of azide groups is 1. The van der Waals surface area contributed by atoms with Gasteiger partial charge in [-0.1, -0.05) is 5.11 Å². The minimum atomic E-state index is -0.394. The van der Waals surface area contributed by atoms with Crippen molar-refractivity contribution in [3.8, 4) is 11.5 Å². The summed E-state index contributed by atoms with van der Waals surface area (Å²) >= 11 is 0. The van der Waals surface area contributed by atoms with Crippen LogP contribution in [0.2, 0.25) is 0 Å². The molecule has 0 aromatic heterocycles. The Hall–Kier alpha value is -1.95. The topological polar surface area (TPSA) is 85.7 Å². The first kappa shape index (κ1) is 15.4. The lowest BCUT2D eigenvalue weighted by Gasteiger charge is -2.15. The predicted octanol–water partition coefficient (Wildman–Crippen LogP) is 3.21. The van der Waals surface area contributed by atoms with Crippen LogP contribution in [0.1, 0.15) is 25.2 Å². The fourth-order valence-corrected chi connectivity index (χ4v) is 2.02. The van der Waals surface area contributed by atoms with E-state index in [2.05, 4.69) is 10.0 Å². The lowest BCUT2D eigenvalue weighted by Crippen LogP contribution is -2.05. The van der Waals surface area contributed by atoms with E-state index in [4.69, 9.17) is 24.5 Å². The Morgan fingerprint density at radius 2 is 2.33 bits per heavy atom. The molecule has 1 aliphatic rings. The normalized spacial score (nSPS) is 20.9. The van der Waals surface area contributed by atoms with Gasteiger partial charge in [0.1, 0.15) is 11.5 Å². The summed E-state index contributed by atoms with van der Waals surface area (Å²) in [6, 6.07) is 5.53. The van der Waals surface area contributed by atoms with Gasteiger partial charge in [-0.15, -0.1) is 0 Å². The van der Waals surface area contributed by atoms with Gasteiger partial charge in [0.05, 0.1) is 26.4 Å². The van der Waals surface area contributed by atoms with Crippen molar-refractivity contribution in [3.63, 3.8) is 0 Å². The van der Waals surface area contributed by atoms with E-state index >= 15 is 0 Å². The van der Waals surface area contributed by atoms with Gasteiger partial charge >= 0.3 is 0 Å². The number of rotatable bonds is 7. The molecule has 2 atom stereocenters. The second-order valence-corrected chi connectivity index (χ2v) is 4.67. The summed E-state index contributed by atoms with van der Waals surface area (Å²) in [7, 11) is 1.60. The van der Waals surface area contributed by atoms with Crippen molar-refractivity contribution >= 4 is 0 Å². The third-order valence-electron chi connectivity index (χ3n) is 3.03. The summed E-state index contributed by atoms with van der Waals surface area (Å²) in [5.74, 6) is 1.37. The van der Waals surface area contributed by atoms with E-state index in [-0.39, 0.29) is 6.10 Å². The van der Waals surface area contributed by atoms with Crippen LogP contribution in [-0.2, 0) is 9.47 Å². The van der Waals surface area contributed by atoms with Crippen molar-refractivity contribution < 1.29 is 18.9 Å². The first-order chi connectivity index (χ1) is 10.2. The highest BCUT2D eigenvalue weighted by atomic mass is 16.7. The predicted molar refractivity (Wildman–Crippen MR) is 76.4 cm³/mol. The van der Waals surface area contributed by atoms with E-state index in [1.807, 2.05) is 19.1 Å². The van der Waals surface area contributed by atoms with E-state index in [1.165, 1.54) is 0 Å². The summed E-state index contributed by atoms with van der Waals surface area (Å²) in [4.78, 5) is 2.69. The highest BCUT2D eigenvalue weighted by Gasteiger charge is 2.26. The van der Waals surface area contributed by atoms with Crippen molar-refractivity contribution in [2.75, 3.05) is 26.9 Å². The van der Waals surface area contributed by atoms with Crippen LogP contribution in [0.15, 0.2) is 23.3 Å². The van der Waals surface area contributed by atoms with Crippen molar-refractivity contribution in [2.24, 2.45) is 5.11 Å². The van der Waals surface area contributed by atoms with Crippen LogP contribution in [0.25, 0.3) is 10.4 Å². The quantitative estimate of drug-likeness (QED) is 0.334. The zero-order valence-electron chi connectivity index (χ0n) is 12.2. The molecule has 1 heterocycles. The highest BCUT2D eigenvalue weighted by molar-refractivity contribution is 5.41. The molecule has 1 fully saturated rings. The second kappa shape index (κ2) is 7.73. The van der Waals surface area contributed by atoms with E-state index in [0.29, 0.717) is 37.7 Å². The number of hydrogen-bond donors (Lipinski definition) is 0. The van der Waals surface area contributed by atoms with Gasteiger partial charge in [0.25, 0.3) is 0 Å². The average Bonchev–Trinajstić information content (AvgIpc) is 2.93.